The minimum atomic E-state index is -1.22. The number of carbonyl (C=O) groups excluding carboxylic acids is 1. The molecule has 1 amide bonds. The van der Waals surface area contributed by atoms with Gasteiger partial charge in [0.1, 0.15) is 5.41 Å². The molecule has 2 aromatic carbocycles. The first kappa shape index (κ1) is 16.2. The fraction of sp³-hybridized carbons (Fsp3) is 0.263. The van der Waals surface area contributed by atoms with Crippen LogP contribution < -0.4 is 5.32 Å². The van der Waals surface area contributed by atoms with E-state index in [4.69, 9.17) is 9.84 Å². The van der Waals surface area contributed by atoms with Gasteiger partial charge in [0.05, 0.1) is 13.2 Å². The van der Waals surface area contributed by atoms with Crippen LogP contribution in [0.2, 0.25) is 0 Å². The van der Waals surface area contributed by atoms with Crippen LogP contribution in [-0.2, 0) is 27.5 Å². The Morgan fingerprint density at radius 1 is 0.958 bits per heavy atom. The molecular weight excluding hydrogens is 306 g/mol. The summed E-state index contributed by atoms with van der Waals surface area (Å²) in [5.41, 5.74) is 1.48. The highest BCUT2D eigenvalue weighted by atomic mass is 16.5. The van der Waals surface area contributed by atoms with Gasteiger partial charge in [-0.15, -0.1) is 0 Å². The second-order valence-electron chi connectivity index (χ2n) is 6.02. The maximum Gasteiger partial charge on any atom is 0.319 e. The Hall–Kier alpha value is -2.66. The largest absolute Gasteiger partial charge is 0.480 e. The minimum absolute atomic E-state index is 0.402. The van der Waals surface area contributed by atoms with Crippen LogP contribution in [-0.4, -0.2) is 17.0 Å². The van der Waals surface area contributed by atoms with Crippen molar-refractivity contribution in [1.29, 1.82) is 0 Å². The molecule has 3 rings (SSSR count). The first-order valence-electron chi connectivity index (χ1n) is 7.86. The fourth-order valence-electron chi connectivity index (χ4n) is 2.46. The van der Waals surface area contributed by atoms with Crippen molar-refractivity contribution in [2.24, 2.45) is 5.41 Å². The average molecular weight is 325 g/mol. The van der Waals surface area contributed by atoms with E-state index in [9.17, 15) is 9.59 Å². The van der Waals surface area contributed by atoms with Gasteiger partial charge in [-0.05, 0) is 36.1 Å². The predicted octanol–water partition coefficient (Wildman–Crippen LogP) is 3.21. The Kier molecular flexibility index (Phi) is 4.62. The van der Waals surface area contributed by atoms with Crippen molar-refractivity contribution in [2.45, 2.75) is 26.1 Å². The molecule has 0 unspecified atom stereocenters. The topological polar surface area (TPSA) is 75.6 Å². The molecule has 1 aliphatic rings. The molecule has 0 radical (unpaired) electrons. The first-order valence-corrected chi connectivity index (χ1v) is 7.86. The third kappa shape index (κ3) is 3.63. The zero-order valence-electron chi connectivity index (χ0n) is 13.2. The fourth-order valence-corrected chi connectivity index (χ4v) is 2.46. The van der Waals surface area contributed by atoms with Crippen LogP contribution in [0, 0.1) is 5.41 Å². The molecule has 1 saturated carbocycles. The highest BCUT2D eigenvalue weighted by Crippen LogP contribution is 2.46. The lowest BCUT2D eigenvalue weighted by Crippen LogP contribution is -2.31. The lowest BCUT2D eigenvalue weighted by atomic mass is 10.1. The van der Waals surface area contributed by atoms with Crippen LogP contribution in [0.15, 0.2) is 54.6 Å². The summed E-state index contributed by atoms with van der Waals surface area (Å²) >= 11 is 0. The van der Waals surface area contributed by atoms with Crippen molar-refractivity contribution >= 4 is 17.6 Å². The number of carboxylic acids is 1. The number of anilines is 1. The van der Waals surface area contributed by atoms with Gasteiger partial charge in [-0.3, -0.25) is 9.59 Å². The molecule has 0 bridgehead atoms. The Morgan fingerprint density at radius 2 is 1.54 bits per heavy atom. The maximum absolute atomic E-state index is 12.0. The van der Waals surface area contributed by atoms with Gasteiger partial charge >= 0.3 is 5.97 Å². The number of carboxylic acid groups (broad SMARTS) is 1. The number of hydrogen-bond donors (Lipinski definition) is 2. The number of benzene rings is 2. The average Bonchev–Trinajstić information content (AvgIpc) is 3.39. The molecule has 0 spiro atoms. The van der Waals surface area contributed by atoms with Crippen molar-refractivity contribution in [3.8, 4) is 0 Å². The summed E-state index contributed by atoms with van der Waals surface area (Å²) in [6, 6.07) is 17.2. The number of hydrogen-bond acceptors (Lipinski definition) is 3. The van der Waals surface area contributed by atoms with Crippen LogP contribution in [0.3, 0.4) is 0 Å². The summed E-state index contributed by atoms with van der Waals surface area (Å²) in [5.74, 6) is -1.49. The standard InChI is InChI=1S/C19H19NO4/c21-17(19(10-11-19)18(22)23)20-16-8-6-15(7-9-16)13-24-12-14-4-2-1-3-5-14/h1-9H,10-13H2,(H,20,21)(H,22,23). The first-order chi connectivity index (χ1) is 11.6. The van der Waals surface area contributed by atoms with Gasteiger partial charge < -0.3 is 15.2 Å². The van der Waals surface area contributed by atoms with Crippen LogP contribution in [0.5, 0.6) is 0 Å². The van der Waals surface area contributed by atoms with Crippen LogP contribution in [0.25, 0.3) is 0 Å². The van der Waals surface area contributed by atoms with Crippen LogP contribution in [0.4, 0.5) is 5.69 Å². The van der Waals surface area contributed by atoms with E-state index < -0.39 is 17.3 Å². The van der Waals surface area contributed by atoms with Crippen LogP contribution >= 0.6 is 0 Å². The molecule has 0 aromatic heterocycles. The molecule has 1 aliphatic carbocycles. The maximum atomic E-state index is 12.0. The van der Waals surface area contributed by atoms with Crippen molar-refractivity contribution < 1.29 is 19.4 Å². The lowest BCUT2D eigenvalue weighted by Gasteiger charge is -2.11. The number of nitrogens with one attached hydrogen (secondary N) is 1. The van der Waals surface area contributed by atoms with Gasteiger partial charge in [-0.25, -0.2) is 0 Å². The van der Waals surface area contributed by atoms with E-state index in [2.05, 4.69) is 5.32 Å². The van der Waals surface area contributed by atoms with E-state index in [-0.39, 0.29) is 0 Å². The molecule has 0 aliphatic heterocycles. The molecule has 0 heterocycles. The predicted molar refractivity (Wildman–Crippen MR) is 89.3 cm³/mol. The summed E-state index contributed by atoms with van der Waals surface area (Å²) in [6.07, 6.45) is 0.805. The van der Waals surface area contributed by atoms with Gasteiger partial charge in [0.15, 0.2) is 0 Å². The quantitative estimate of drug-likeness (QED) is 0.767. The van der Waals surface area contributed by atoms with E-state index in [0.29, 0.717) is 31.7 Å². The van der Waals surface area contributed by atoms with E-state index >= 15 is 0 Å². The summed E-state index contributed by atoms with van der Waals surface area (Å²) in [4.78, 5) is 23.2. The third-order valence-corrected chi connectivity index (χ3v) is 4.19. The Labute approximate surface area is 140 Å². The molecule has 0 saturated heterocycles. The minimum Gasteiger partial charge on any atom is -0.480 e. The number of carbonyl (C=O) groups is 2. The Morgan fingerprint density at radius 3 is 2.08 bits per heavy atom. The zero-order valence-corrected chi connectivity index (χ0v) is 13.2. The van der Waals surface area contributed by atoms with Gasteiger partial charge in [-0.2, -0.15) is 0 Å². The van der Waals surface area contributed by atoms with Crippen molar-refractivity contribution in [2.75, 3.05) is 5.32 Å². The molecule has 2 N–H and O–H groups in total. The molecular formula is C19H19NO4. The van der Waals surface area contributed by atoms with Crippen molar-refractivity contribution in [3.63, 3.8) is 0 Å². The summed E-state index contributed by atoms with van der Waals surface area (Å²) < 4.78 is 5.66. The molecule has 0 atom stereocenters. The van der Waals surface area contributed by atoms with E-state index in [0.717, 1.165) is 11.1 Å². The van der Waals surface area contributed by atoms with Gasteiger partial charge in [0.2, 0.25) is 5.91 Å². The smallest absolute Gasteiger partial charge is 0.319 e. The normalized spacial score (nSPS) is 14.8. The Bertz CT molecular complexity index is 721. The van der Waals surface area contributed by atoms with Crippen molar-refractivity contribution in [1.82, 2.24) is 0 Å². The monoisotopic (exact) mass is 325 g/mol. The molecule has 124 valence electrons. The van der Waals surface area contributed by atoms with E-state index in [1.807, 2.05) is 42.5 Å². The van der Waals surface area contributed by atoms with Crippen molar-refractivity contribution in [3.05, 3.63) is 65.7 Å². The number of ether oxygens (including phenoxy) is 1. The zero-order chi connectivity index (χ0) is 17.0. The molecule has 2 aromatic rings. The van der Waals surface area contributed by atoms with Gasteiger partial charge in [-0.1, -0.05) is 42.5 Å². The van der Waals surface area contributed by atoms with Gasteiger partial charge in [0, 0.05) is 5.69 Å². The Balaban J connectivity index is 1.50. The number of aliphatic carboxylic acids is 1. The molecule has 24 heavy (non-hydrogen) atoms. The third-order valence-electron chi connectivity index (χ3n) is 4.19. The SMILES string of the molecule is O=C(O)C1(C(=O)Nc2ccc(COCc3ccccc3)cc2)CC1. The summed E-state index contributed by atoms with van der Waals surface area (Å²) in [5, 5.41) is 11.8. The number of amides is 1. The lowest BCUT2D eigenvalue weighted by molar-refractivity contribution is -0.147. The molecule has 5 nitrogen and oxygen atoms in total. The second kappa shape index (κ2) is 6.84. The molecule has 5 heteroatoms. The highest BCUT2D eigenvalue weighted by Gasteiger charge is 2.57. The summed E-state index contributed by atoms with van der Waals surface area (Å²) in [6.45, 7) is 1.02. The number of rotatable bonds is 7. The second-order valence-corrected chi connectivity index (χ2v) is 6.02. The van der Waals surface area contributed by atoms with Crippen LogP contribution in [0.1, 0.15) is 24.0 Å². The highest BCUT2D eigenvalue weighted by molar-refractivity contribution is 6.10. The van der Waals surface area contributed by atoms with E-state index in [1.54, 1.807) is 12.1 Å². The summed E-state index contributed by atoms with van der Waals surface area (Å²) in [7, 11) is 0. The molecule has 1 fully saturated rings. The van der Waals surface area contributed by atoms with Gasteiger partial charge in [0.25, 0.3) is 0 Å². The van der Waals surface area contributed by atoms with E-state index in [1.165, 1.54) is 0 Å².